The van der Waals surface area contributed by atoms with E-state index < -0.39 is 6.10 Å². The van der Waals surface area contributed by atoms with Crippen LogP contribution in [0.3, 0.4) is 0 Å². The van der Waals surface area contributed by atoms with Gasteiger partial charge in [-0.25, -0.2) is 0 Å². The van der Waals surface area contributed by atoms with E-state index in [-0.39, 0.29) is 11.9 Å². The number of hydrogen-bond donors (Lipinski definition) is 1. The smallest absolute Gasteiger partial charge is 0.261 e. The molecule has 0 aromatic heterocycles. The van der Waals surface area contributed by atoms with Crippen molar-refractivity contribution < 1.29 is 14.3 Å². The average molecular weight is 367 g/mol. The largest absolute Gasteiger partial charge is 0.491 e. The molecule has 27 heavy (non-hydrogen) atoms. The number of aryl methyl sites for hydroxylation is 3. The Bertz CT molecular complexity index is 787. The number of benzene rings is 2. The molecule has 1 amide bonds. The lowest BCUT2D eigenvalue weighted by molar-refractivity contribution is -0.128. The third-order valence-electron chi connectivity index (χ3n) is 4.97. The van der Waals surface area contributed by atoms with Crippen LogP contribution < -0.4 is 14.8 Å². The third kappa shape index (κ3) is 5.25. The summed E-state index contributed by atoms with van der Waals surface area (Å²) in [6.45, 7) is 6.14. The van der Waals surface area contributed by atoms with Gasteiger partial charge in [0.1, 0.15) is 18.1 Å². The van der Waals surface area contributed by atoms with E-state index in [1.807, 2.05) is 44.2 Å². The molecule has 0 radical (unpaired) electrons. The number of fused-ring (bicyclic) bond motifs is 1. The van der Waals surface area contributed by atoms with Gasteiger partial charge < -0.3 is 14.8 Å². The topological polar surface area (TPSA) is 47.6 Å². The van der Waals surface area contributed by atoms with Gasteiger partial charge in [-0.15, -0.1) is 0 Å². The van der Waals surface area contributed by atoms with Gasteiger partial charge >= 0.3 is 0 Å². The van der Waals surface area contributed by atoms with Gasteiger partial charge in [0.05, 0.1) is 6.04 Å². The van der Waals surface area contributed by atoms with Crippen LogP contribution in [0.25, 0.3) is 0 Å². The zero-order valence-corrected chi connectivity index (χ0v) is 16.5. The van der Waals surface area contributed by atoms with Gasteiger partial charge in [0, 0.05) is 0 Å². The fourth-order valence-corrected chi connectivity index (χ4v) is 3.38. The Labute approximate surface area is 161 Å². The van der Waals surface area contributed by atoms with Crippen molar-refractivity contribution in [2.24, 2.45) is 0 Å². The van der Waals surface area contributed by atoms with E-state index in [0.717, 1.165) is 29.9 Å². The first-order valence-electron chi connectivity index (χ1n) is 9.80. The van der Waals surface area contributed by atoms with Gasteiger partial charge in [-0.3, -0.25) is 4.79 Å². The quantitative estimate of drug-likeness (QED) is 0.797. The minimum absolute atomic E-state index is 0.105. The van der Waals surface area contributed by atoms with Crippen LogP contribution in [-0.2, 0) is 17.6 Å². The molecule has 3 rings (SSSR count). The number of amides is 1. The second-order valence-electron chi connectivity index (χ2n) is 7.38. The summed E-state index contributed by atoms with van der Waals surface area (Å²) >= 11 is 0. The first-order chi connectivity index (χ1) is 13.0. The molecule has 4 heteroatoms. The van der Waals surface area contributed by atoms with E-state index in [4.69, 9.17) is 9.47 Å². The highest BCUT2D eigenvalue weighted by Crippen LogP contribution is 2.26. The Morgan fingerprint density at radius 2 is 1.81 bits per heavy atom. The second kappa shape index (κ2) is 8.94. The summed E-state index contributed by atoms with van der Waals surface area (Å²) in [4.78, 5) is 12.4. The van der Waals surface area contributed by atoms with E-state index in [9.17, 15) is 4.79 Å². The van der Waals surface area contributed by atoms with Gasteiger partial charge in [-0.2, -0.15) is 0 Å². The predicted molar refractivity (Wildman–Crippen MR) is 107 cm³/mol. The van der Waals surface area contributed by atoms with Crippen LogP contribution in [-0.4, -0.2) is 24.7 Å². The highest BCUT2D eigenvalue weighted by molar-refractivity contribution is 5.81. The van der Waals surface area contributed by atoms with Crippen molar-refractivity contribution >= 4 is 5.91 Å². The monoisotopic (exact) mass is 367 g/mol. The molecule has 1 aliphatic rings. The van der Waals surface area contributed by atoms with Crippen LogP contribution in [0.4, 0.5) is 0 Å². The normalized spacial score (nSPS) is 15.4. The van der Waals surface area contributed by atoms with E-state index in [2.05, 4.69) is 17.4 Å². The number of nitrogens with one attached hydrogen (secondary N) is 1. The maximum Gasteiger partial charge on any atom is 0.261 e. The molecular formula is C23H29NO3. The van der Waals surface area contributed by atoms with Crippen molar-refractivity contribution in [1.82, 2.24) is 5.32 Å². The Morgan fingerprint density at radius 1 is 1.07 bits per heavy atom. The number of carbonyl (C=O) groups is 1. The van der Waals surface area contributed by atoms with E-state index in [0.29, 0.717) is 6.61 Å². The van der Waals surface area contributed by atoms with Gasteiger partial charge in [-0.05, 0) is 81.3 Å². The van der Waals surface area contributed by atoms with Gasteiger partial charge in [-0.1, -0.05) is 24.3 Å². The number of para-hydroxylation sites is 1. The standard InChI is InChI=1S/C23H29NO3/c1-16-8-4-7-11-22(16)26-15-17(2)24-23(25)18(3)27-21-13-12-19-9-5-6-10-20(19)14-21/h4,7-8,11-14,17-18H,5-6,9-10,15H2,1-3H3,(H,24,25)/t17-,18-/m1/s1. The molecule has 0 spiro atoms. The molecule has 0 aliphatic heterocycles. The highest BCUT2D eigenvalue weighted by atomic mass is 16.5. The maximum atomic E-state index is 12.4. The molecule has 144 valence electrons. The molecule has 0 bridgehead atoms. The SMILES string of the molecule is Cc1ccccc1OC[C@@H](C)NC(=O)[C@@H](C)Oc1ccc2c(c1)CCCC2. The van der Waals surface area contributed by atoms with Crippen LogP contribution in [0.1, 0.15) is 43.4 Å². The molecule has 2 aromatic rings. The molecule has 1 N–H and O–H groups in total. The number of rotatable bonds is 7. The summed E-state index contributed by atoms with van der Waals surface area (Å²) in [6.07, 6.45) is 4.18. The minimum atomic E-state index is -0.549. The maximum absolute atomic E-state index is 12.4. The van der Waals surface area contributed by atoms with Crippen molar-refractivity contribution in [2.75, 3.05) is 6.61 Å². The Kier molecular flexibility index (Phi) is 6.38. The summed E-state index contributed by atoms with van der Waals surface area (Å²) in [6, 6.07) is 14.0. The molecule has 2 aromatic carbocycles. The molecule has 0 unspecified atom stereocenters. The number of ether oxygens (including phenoxy) is 2. The zero-order chi connectivity index (χ0) is 19.2. The second-order valence-corrected chi connectivity index (χ2v) is 7.38. The Balaban J connectivity index is 1.49. The van der Waals surface area contributed by atoms with Crippen LogP contribution in [0.5, 0.6) is 11.5 Å². The van der Waals surface area contributed by atoms with Crippen LogP contribution in [0, 0.1) is 6.92 Å². The summed E-state index contributed by atoms with van der Waals surface area (Å²) in [5.41, 5.74) is 3.85. The number of hydrogen-bond acceptors (Lipinski definition) is 3. The van der Waals surface area contributed by atoms with Crippen molar-refractivity contribution in [2.45, 2.75) is 58.6 Å². The Morgan fingerprint density at radius 3 is 2.59 bits per heavy atom. The van der Waals surface area contributed by atoms with E-state index >= 15 is 0 Å². The zero-order valence-electron chi connectivity index (χ0n) is 16.5. The first-order valence-corrected chi connectivity index (χ1v) is 9.80. The number of carbonyl (C=O) groups excluding carboxylic acids is 1. The van der Waals surface area contributed by atoms with Crippen LogP contribution in [0.2, 0.25) is 0 Å². The summed E-state index contributed by atoms with van der Waals surface area (Å²) in [5.74, 6) is 1.48. The summed E-state index contributed by atoms with van der Waals surface area (Å²) < 4.78 is 11.7. The Hall–Kier alpha value is -2.49. The lowest BCUT2D eigenvalue weighted by Gasteiger charge is -2.21. The molecule has 1 aliphatic carbocycles. The van der Waals surface area contributed by atoms with Crippen molar-refractivity contribution in [3.05, 3.63) is 59.2 Å². The minimum Gasteiger partial charge on any atom is -0.491 e. The molecular weight excluding hydrogens is 338 g/mol. The molecule has 0 saturated carbocycles. The van der Waals surface area contributed by atoms with Crippen molar-refractivity contribution in [3.8, 4) is 11.5 Å². The van der Waals surface area contributed by atoms with Crippen molar-refractivity contribution in [3.63, 3.8) is 0 Å². The van der Waals surface area contributed by atoms with Gasteiger partial charge in [0.15, 0.2) is 6.10 Å². The first kappa shape index (κ1) is 19.3. The molecule has 0 heterocycles. The molecule has 0 saturated heterocycles. The molecule has 0 fully saturated rings. The molecule has 2 atom stereocenters. The summed E-state index contributed by atoms with van der Waals surface area (Å²) in [7, 11) is 0. The van der Waals surface area contributed by atoms with Crippen LogP contribution >= 0.6 is 0 Å². The average Bonchev–Trinajstić information content (AvgIpc) is 2.67. The van der Waals surface area contributed by atoms with Gasteiger partial charge in [0.2, 0.25) is 0 Å². The summed E-state index contributed by atoms with van der Waals surface area (Å²) in [5, 5.41) is 2.96. The van der Waals surface area contributed by atoms with Gasteiger partial charge in [0.25, 0.3) is 5.91 Å². The lowest BCUT2D eigenvalue weighted by Crippen LogP contribution is -2.43. The van der Waals surface area contributed by atoms with E-state index in [1.165, 1.54) is 24.0 Å². The van der Waals surface area contributed by atoms with E-state index in [1.54, 1.807) is 6.92 Å². The highest BCUT2D eigenvalue weighted by Gasteiger charge is 2.18. The van der Waals surface area contributed by atoms with Crippen LogP contribution in [0.15, 0.2) is 42.5 Å². The predicted octanol–water partition coefficient (Wildman–Crippen LogP) is 4.22. The van der Waals surface area contributed by atoms with Crippen molar-refractivity contribution in [1.29, 1.82) is 0 Å². The fraction of sp³-hybridized carbons (Fsp3) is 0.435. The molecule has 4 nitrogen and oxygen atoms in total. The third-order valence-corrected chi connectivity index (χ3v) is 4.97. The fourth-order valence-electron chi connectivity index (χ4n) is 3.38. The lowest BCUT2D eigenvalue weighted by atomic mass is 9.92.